The maximum absolute atomic E-state index is 5.23. The number of aromatic nitrogens is 6. The second-order valence-electron chi connectivity index (χ2n) is 4.19. The molecule has 0 N–H and O–H groups in total. The molecule has 0 spiro atoms. The minimum Gasteiger partial charge on any atom is -0.371 e. The molecule has 0 bridgehead atoms. The smallest absolute Gasteiger partial charge is 0.169 e. The number of imidazole rings is 2. The number of hydrogen-bond acceptors (Lipinski definition) is 5. The van der Waals surface area contributed by atoms with E-state index < -0.39 is 0 Å². The van der Waals surface area contributed by atoms with Crippen LogP contribution in [-0.2, 0) is 11.3 Å². The van der Waals surface area contributed by atoms with Crippen molar-refractivity contribution in [2.45, 2.75) is 12.6 Å². The Bertz CT molecular complexity index is 685. The molecule has 0 radical (unpaired) electrons. The van der Waals surface area contributed by atoms with Gasteiger partial charge in [-0.15, -0.1) is 0 Å². The number of rotatable bonds is 3. The summed E-state index contributed by atoms with van der Waals surface area (Å²) in [6.45, 7) is 1.61. The van der Waals surface area contributed by atoms with Crippen LogP contribution in [0.4, 0.5) is 0 Å². The minimum absolute atomic E-state index is 0.300. The molecule has 7 nitrogen and oxygen atoms in total. The molecular formula is C11H10N6O. The molecule has 1 aliphatic rings. The fraction of sp³-hybridized carbons (Fsp3) is 0.273. The first-order chi connectivity index (χ1) is 8.92. The van der Waals surface area contributed by atoms with Crippen molar-refractivity contribution in [2.75, 3.05) is 6.61 Å². The van der Waals surface area contributed by atoms with E-state index in [1.54, 1.807) is 25.2 Å². The van der Waals surface area contributed by atoms with Crippen LogP contribution in [0.2, 0.25) is 0 Å². The monoisotopic (exact) mass is 242 g/mol. The molecular weight excluding hydrogens is 232 g/mol. The molecule has 1 unspecified atom stereocenters. The van der Waals surface area contributed by atoms with Crippen molar-refractivity contribution in [3.8, 4) is 5.82 Å². The maximum Gasteiger partial charge on any atom is 0.169 e. The van der Waals surface area contributed by atoms with E-state index in [-0.39, 0.29) is 0 Å². The van der Waals surface area contributed by atoms with Gasteiger partial charge in [0.25, 0.3) is 0 Å². The molecule has 4 rings (SSSR count). The van der Waals surface area contributed by atoms with Gasteiger partial charge in [-0.3, -0.25) is 4.57 Å². The standard InChI is InChI=1S/C11H10N6O/c1-2-16(6-12-1)10-9-11(14-5-13-10)17(7-15-9)3-8-4-18-8/h1-2,5-8H,3-4H2. The lowest BCUT2D eigenvalue weighted by Gasteiger charge is -2.02. The average Bonchev–Trinajstić information content (AvgIpc) is 2.91. The highest BCUT2D eigenvalue weighted by molar-refractivity contribution is 5.78. The van der Waals surface area contributed by atoms with E-state index in [0.717, 1.165) is 30.1 Å². The van der Waals surface area contributed by atoms with E-state index in [1.807, 2.05) is 15.3 Å². The second-order valence-corrected chi connectivity index (χ2v) is 4.19. The first kappa shape index (κ1) is 9.72. The van der Waals surface area contributed by atoms with Gasteiger partial charge >= 0.3 is 0 Å². The Morgan fingerprint density at radius 3 is 3.00 bits per heavy atom. The lowest BCUT2D eigenvalue weighted by atomic mass is 10.4. The Balaban J connectivity index is 1.86. The lowest BCUT2D eigenvalue weighted by Crippen LogP contribution is -2.04. The van der Waals surface area contributed by atoms with Gasteiger partial charge in [-0.25, -0.2) is 19.9 Å². The molecule has 1 atom stereocenters. The van der Waals surface area contributed by atoms with Crippen molar-refractivity contribution >= 4 is 11.2 Å². The normalized spacial score (nSPS) is 18.3. The third-order valence-corrected chi connectivity index (χ3v) is 2.93. The highest BCUT2D eigenvalue weighted by atomic mass is 16.6. The molecule has 1 fully saturated rings. The molecule has 18 heavy (non-hydrogen) atoms. The predicted octanol–water partition coefficient (Wildman–Crippen LogP) is 0.411. The fourth-order valence-electron chi connectivity index (χ4n) is 1.97. The Morgan fingerprint density at radius 1 is 1.28 bits per heavy atom. The van der Waals surface area contributed by atoms with E-state index in [1.165, 1.54) is 0 Å². The van der Waals surface area contributed by atoms with Crippen LogP contribution in [-0.4, -0.2) is 41.8 Å². The summed E-state index contributed by atoms with van der Waals surface area (Å²) in [7, 11) is 0. The van der Waals surface area contributed by atoms with Gasteiger partial charge in [0.1, 0.15) is 12.7 Å². The van der Waals surface area contributed by atoms with Crippen LogP contribution in [0.25, 0.3) is 17.0 Å². The van der Waals surface area contributed by atoms with Gasteiger partial charge in [-0.1, -0.05) is 0 Å². The van der Waals surface area contributed by atoms with E-state index in [4.69, 9.17) is 4.74 Å². The highest BCUT2D eigenvalue weighted by Crippen LogP contribution is 2.19. The van der Waals surface area contributed by atoms with Crippen molar-refractivity contribution in [1.29, 1.82) is 0 Å². The van der Waals surface area contributed by atoms with Gasteiger partial charge in [0, 0.05) is 12.4 Å². The van der Waals surface area contributed by atoms with Crippen LogP contribution in [0.1, 0.15) is 0 Å². The summed E-state index contributed by atoms with van der Waals surface area (Å²) < 4.78 is 9.05. The molecule has 7 heteroatoms. The van der Waals surface area contributed by atoms with Gasteiger partial charge in [-0.2, -0.15) is 0 Å². The van der Waals surface area contributed by atoms with Crippen molar-refractivity contribution in [3.63, 3.8) is 0 Å². The number of nitrogens with zero attached hydrogens (tertiary/aromatic N) is 6. The predicted molar refractivity (Wildman–Crippen MR) is 62.2 cm³/mol. The minimum atomic E-state index is 0.300. The van der Waals surface area contributed by atoms with Crippen LogP contribution < -0.4 is 0 Å². The number of fused-ring (bicyclic) bond motifs is 1. The van der Waals surface area contributed by atoms with Crippen molar-refractivity contribution in [2.24, 2.45) is 0 Å². The van der Waals surface area contributed by atoms with E-state index in [9.17, 15) is 0 Å². The van der Waals surface area contributed by atoms with Crippen molar-refractivity contribution < 1.29 is 4.74 Å². The molecule has 4 heterocycles. The summed E-state index contributed by atoms with van der Waals surface area (Å²) in [4.78, 5) is 17.0. The van der Waals surface area contributed by atoms with Gasteiger partial charge < -0.3 is 9.30 Å². The Labute approximate surface area is 102 Å². The molecule has 1 saturated heterocycles. The second kappa shape index (κ2) is 3.61. The highest BCUT2D eigenvalue weighted by Gasteiger charge is 2.24. The van der Waals surface area contributed by atoms with Gasteiger partial charge in [0.15, 0.2) is 17.0 Å². The molecule has 1 aliphatic heterocycles. The number of hydrogen-bond donors (Lipinski definition) is 0. The summed E-state index contributed by atoms with van der Waals surface area (Å²) in [5.74, 6) is 0.743. The summed E-state index contributed by atoms with van der Waals surface area (Å²) in [5.41, 5.74) is 1.60. The molecule has 0 aromatic carbocycles. The Morgan fingerprint density at radius 2 is 2.22 bits per heavy atom. The summed E-state index contributed by atoms with van der Waals surface area (Å²) in [5, 5.41) is 0. The summed E-state index contributed by atoms with van der Waals surface area (Å²) >= 11 is 0. The number of ether oxygens (including phenoxy) is 1. The Kier molecular flexibility index (Phi) is 1.95. The van der Waals surface area contributed by atoms with Crippen molar-refractivity contribution in [3.05, 3.63) is 31.4 Å². The zero-order chi connectivity index (χ0) is 11.9. The molecule has 3 aromatic rings. The van der Waals surface area contributed by atoms with Gasteiger partial charge in [0.2, 0.25) is 0 Å². The van der Waals surface area contributed by atoms with Crippen LogP contribution >= 0.6 is 0 Å². The number of epoxide rings is 1. The fourth-order valence-corrected chi connectivity index (χ4v) is 1.97. The topological polar surface area (TPSA) is 74.0 Å². The first-order valence-corrected chi connectivity index (χ1v) is 5.67. The van der Waals surface area contributed by atoms with Crippen molar-refractivity contribution in [1.82, 2.24) is 29.1 Å². The van der Waals surface area contributed by atoms with Crippen LogP contribution in [0, 0.1) is 0 Å². The lowest BCUT2D eigenvalue weighted by molar-refractivity contribution is 0.384. The molecule has 0 amide bonds. The van der Waals surface area contributed by atoms with E-state index in [0.29, 0.717) is 6.10 Å². The summed E-state index contributed by atoms with van der Waals surface area (Å²) in [6, 6.07) is 0. The largest absolute Gasteiger partial charge is 0.371 e. The van der Waals surface area contributed by atoms with Crippen LogP contribution in [0.5, 0.6) is 0 Å². The quantitative estimate of drug-likeness (QED) is 0.622. The zero-order valence-electron chi connectivity index (χ0n) is 9.47. The van der Waals surface area contributed by atoms with Crippen LogP contribution in [0.3, 0.4) is 0 Å². The first-order valence-electron chi connectivity index (χ1n) is 5.67. The zero-order valence-corrected chi connectivity index (χ0v) is 9.47. The summed E-state index contributed by atoms with van der Waals surface area (Å²) in [6.07, 6.45) is 8.87. The Hall–Kier alpha value is -2.28. The molecule has 0 saturated carbocycles. The average molecular weight is 242 g/mol. The third-order valence-electron chi connectivity index (χ3n) is 2.93. The third kappa shape index (κ3) is 1.48. The van der Waals surface area contributed by atoms with Gasteiger partial charge in [-0.05, 0) is 0 Å². The van der Waals surface area contributed by atoms with E-state index >= 15 is 0 Å². The maximum atomic E-state index is 5.23. The molecule has 3 aromatic heterocycles. The molecule has 0 aliphatic carbocycles. The molecule has 90 valence electrons. The van der Waals surface area contributed by atoms with E-state index in [2.05, 4.69) is 19.9 Å². The SMILES string of the molecule is c1cn(-c2ncnc3c2ncn3CC2CO2)cn1. The van der Waals surface area contributed by atoms with Gasteiger partial charge in [0.05, 0.1) is 25.6 Å². The van der Waals surface area contributed by atoms with Crippen LogP contribution in [0.15, 0.2) is 31.4 Å².